The van der Waals surface area contributed by atoms with Crippen molar-refractivity contribution in [2.24, 2.45) is 5.92 Å². The molecule has 2 unspecified atom stereocenters. The molecule has 1 aliphatic rings. The highest BCUT2D eigenvalue weighted by molar-refractivity contribution is 5.80. The summed E-state index contributed by atoms with van der Waals surface area (Å²) in [6.07, 6.45) is -2.47. The first-order valence-corrected chi connectivity index (χ1v) is 7.18. The summed E-state index contributed by atoms with van der Waals surface area (Å²) in [5, 5.41) is 12.3. The van der Waals surface area contributed by atoms with Crippen molar-refractivity contribution < 1.29 is 17.6 Å². The molecular weight excluding hydrogens is 309 g/mol. The van der Waals surface area contributed by atoms with Crippen molar-refractivity contribution in [2.75, 3.05) is 25.5 Å². The first-order chi connectivity index (χ1) is 10.9. The number of anilines is 1. The number of hydrogen-bond acceptors (Lipinski definition) is 5. The third kappa shape index (κ3) is 3.24. The second-order valence-electron chi connectivity index (χ2n) is 5.78. The molecule has 0 aliphatic carbocycles. The molecule has 5 nitrogen and oxygen atoms in total. The molecule has 3 rings (SSSR count). The van der Waals surface area contributed by atoms with Gasteiger partial charge in [0.2, 0.25) is 5.76 Å². The minimum atomic E-state index is -4.26. The highest BCUT2D eigenvalue weighted by Gasteiger charge is 2.47. The van der Waals surface area contributed by atoms with Gasteiger partial charge in [0.05, 0.1) is 12.1 Å². The van der Waals surface area contributed by atoms with E-state index in [4.69, 9.17) is 9.68 Å². The summed E-state index contributed by atoms with van der Waals surface area (Å²) < 4.78 is 44.9. The quantitative estimate of drug-likeness (QED) is 0.920. The number of alkyl halides is 3. The fourth-order valence-electron chi connectivity index (χ4n) is 2.89. The summed E-state index contributed by atoms with van der Waals surface area (Å²) in [6.45, 7) is 0.560. The number of rotatable bonds is 2. The number of pyridine rings is 1. The zero-order chi connectivity index (χ0) is 16.6. The summed E-state index contributed by atoms with van der Waals surface area (Å²) in [5.41, 5.74) is 0.433. The van der Waals surface area contributed by atoms with Crippen molar-refractivity contribution in [3.05, 3.63) is 24.1 Å². The lowest BCUT2D eigenvalue weighted by atomic mass is 9.91. The van der Waals surface area contributed by atoms with Gasteiger partial charge in [-0.15, -0.1) is 0 Å². The topological polar surface area (TPSA) is 65.1 Å². The lowest BCUT2D eigenvalue weighted by Gasteiger charge is -2.38. The molecule has 3 heterocycles. The van der Waals surface area contributed by atoms with Crippen molar-refractivity contribution in [3.63, 3.8) is 0 Å². The molecule has 1 fully saturated rings. The lowest BCUT2D eigenvalue weighted by molar-refractivity contribution is -0.188. The Bertz CT molecular complexity index is 749. The molecule has 0 aromatic carbocycles. The minimum Gasteiger partial charge on any atom is -0.444 e. The smallest absolute Gasteiger partial charge is 0.394 e. The Morgan fingerprint density at radius 2 is 2.22 bits per heavy atom. The molecule has 0 saturated carbocycles. The van der Waals surface area contributed by atoms with E-state index >= 15 is 0 Å². The number of furan rings is 1. The number of piperidine rings is 1. The van der Waals surface area contributed by atoms with Gasteiger partial charge in [0.25, 0.3) is 0 Å². The highest BCUT2D eigenvalue weighted by atomic mass is 19.4. The fraction of sp³-hybridized carbons (Fsp3) is 0.467. The largest absolute Gasteiger partial charge is 0.444 e. The van der Waals surface area contributed by atoms with Crippen molar-refractivity contribution in [2.45, 2.75) is 18.6 Å². The summed E-state index contributed by atoms with van der Waals surface area (Å²) in [7, 11) is 1.69. The molecular formula is C15H15F3N4O. The van der Waals surface area contributed by atoms with Crippen LogP contribution in [0.15, 0.2) is 22.7 Å². The van der Waals surface area contributed by atoms with Crippen LogP contribution in [0.25, 0.3) is 11.0 Å². The maximum atomic E-state index is 13.2. The van der Waals surface area contributed by atoms with Gasteiger partial charge in [0.1, 0.15) is 11.9 Å². The predicted octanol–water partition coefficient (Wildman–Crippen LogP) is 2.99. The first-order valence-electron chi connectivity index (χ1n) is 7.18. The Balaban J connectivity index is 1.83. The molecule has 0 spiro atoms. The molecule has 2 aromatic heterocycles. The molecule has 8 heteroatoms. The number of nitrogens with zero attached hydrogens (tertiary/aromatic N) is 3. The van der Waals surface area contributed by atoms with Crippen LogP contribution < -0.4 is 5.32 Å². The maximum absolute atomic E-state index is 13.2. The third-order valence-corrected chi connectivity index (χ3v) is 4.08. The van der Waals surface area contributed by atoms with Crippen molar-refractivity contribution >= 4 is 16.8 Å². The maximum Gasteiger partial charge on any atom is 0.394 e. The second-order valence-corrected chi connectivity index (χ2v) is 5.78. The van der Waals surface area contributed by atoms with Crippen molar-refractivity contribution in [1.82, 2.24) is 9.88 Å². The summed E-state index contributed by atoms with van der Waals surface area (Å²) in [4.78, 5) is 5.77. The Morgan fingerprint density at radius 3 is 2.91 bits per heavy atom. The molecule has 0 radical (unpaired) electrons. The summed E-state index contributed by atoms with van der Waals surface area (Å²) in [6, 6.07) is 4.30. The Kier molecular flexibility index (Phi) is 3.90. The van der Waals surface area contributed by atoms with E-state index in [-0.39, 0.29) is 12.3 Å². The molecule has 0 amide bonds. The van der Waals surface area contributed by atoms with Crippen LogP contribution in [0.4, 0.5) is 19.0 Å². The van der Waals surface area contributed by atoms with Crippen molar-refractivity contribution in [1.29, 1.82) is 5.26 Å². The van der Waals surface area contributed by atoms with Gasteiger partial charge in [0.15, 0.2) is 5.58 Å². The summed E-state index contributed by atoms with van der Waals surface area (Å²) >= 11 is 0. The van der Waals surface area contributed by atoms with Crippen LogP contribution in [0.5, 0.6) is 0 Å². The number of fused-ring (bicyclic) bond motifs is 1. The van der Waals surface area contributed by atoms with E-state index in [0.717, 1.165) is 0 Å². The SMILES string of the molecule is CN1CCC(Nc2cc3cc(C#N)oc3cn2)C(C(F)(F)F)C1. The molecule has 1 aliphatic heterocycles. The number of hydrogen-bond donors (Lipinski definition) is 1. The van der Waals surface area contributed by atoms with Crippen LogP contribution in [0, 0.1) is 17.2 Å². The Labute approximate surface area is 130 Å². The molecule has 1 saturated heterocycles. The van der Waals surface area contributed by atoms with Crippen LogP contribution in [0.1, 0.15) is 12.2 Å². The highest BCUT2D eigenvalue weighted by Crippen LogP contribution is 2.34. The van der Waals surface area contributed by atoms with E-state index in [1.165, 1.54) is 12.3 Å². The zero-order valence-electron chi connectivity index (χ0n) is 12.4. The molecule has 23 heavy (non-hydrogen) atoms. The van der Waals surface area contributed by atoms with Gasteiger partial charge in [-0.1, -0.05) is 0 Å². The monoisotopic (exact) mass is 324 g/mol. The van der Waals surface area contributed by atoms with E-state index in [2.05, 4.69) is 10.3 Å². The average molecular weight is 324 g/mol. The first kappa shape index (κ1) is 15.6. The van der Waals surface area contributed by atoms with Crippen molar-refractivity contribution in [3.8, 4) is 6.07 Å². The molecule has 2 atom stereocenters. The average Bonchev–Trinajstić information content (AvgIpc) is 2.90. The van der Waals surface area contributed by atoms with Gasteiger partial charge in [-0.3, -0.25) is 0 Å². The Morgan fingerprint density at radius 1 is 1.43 bits per heavy atom. The van der Waals surface area contributed by atoms with Crippen LogP contribution in [-0.4, -0.2) is 42.2 Å². The van der Waals surface area contributed by atoms with E-state index in [1.807, 2.05) is 6.07 Å². The van der Waals surface area contributed by atoms with Crippen LogP contribution >= 0.6 is 0 Å². The molecule has 0 bridgehead atoms. The Hall–Kier alpha value is -2.27. The zero-order valence-corrected chi connectivity index (χ0v) is 12.4. The number of likely N-dealkylation sites (tertiary alicyclic amines) is 1. The van der Waals surface area contributed by atoms with Gasteiger partial charge in [-0.05, 0) is 26.1 Å². The van der Waals surface area contributed by atoms with E-state index < -0.39 is 18.1 Å². The van der Waals surface area contributed by atoms with Crippen LogP contribution in [0.2, 0.25) is 0 Å². The van der Waals surface area contributed by atoms with Gasteiger partial charge in [0, 0.05) is 24.0 Å². The number of aromatic nitrogens is 1. The predicted molar refractivity (Wildman–Crippen MR) is 77.8 cm³/mol. The van der Waals surface area contributed by atoms with Gasteiger partial charge in [-0.2, -0.15) is 18.4 Å². The fourth-order valence-corrected chi connectivity index (χ4v) is 2.89. The number of halogens is 3. The van der Waals surface area contributed by atoms with Gasteiger partial charge < -0.3 is 14.6 Å². The van der Waals surface area contributed by atoms with Crippen LogP contribution in [0.3, 0.4) is 0 Å². The molecule has 1 N–H and O–H groups in total. The molecule has 122 valence electrons. The summed E-state index contributed by atoms with van der Waals surface area (Å²) in [5.74, 6) is -0.948. The molecule has 2 aromatic rings. The lowest BCUT2D eigenvalue weighted by Crippen LogP contribution is -2.51. The standard InChI is InChI=1S/C15H15F3N4O/c1-22-3-2-12(11(8-22)15(16,17)18)21-14-5-9-4-10(6-19)23-13(9)7-20-14/h4-5,7,11-12H,2-3,8H2,1H3,(H,20,21). The number of nitriles is 1. The normalized spacial score (nSPS) is 22.9. The number of nitrogens with one attached hydrogen (secondary N) is 1. The van der Waals surface area contributed by atoms with Gasteiger partial charge in [-0.25, -0.2) is 4.98 Å². The van der Waals surface area contributed by atoms with E-state index in [1.54, 1.807) is 18.0 Å². The minimum absolute atomic E-state index is 0.0340. The van der Waals surface area contributed by atoms with Crippen LogP contribution in [-0.2, 0) is 0 Å². The van der Waals surface area contributed by atoms with E-state index in [0.29, 0.717) is 29.8 Å². The van der Waals surface area contributed by atoms with E-state index in [9.17, 15) is 13.2 Å². The van der Waals surface area contributed by atoms with Gasteiger partial charge >= 0.3 is 6.18 Å². The third-order valence-electron chi connectivity index (χ3n) is 4.08. The second kappa shape index (κ2) is 5.74.